The Hall–Kier alpha value is -0.500. The van der Waals surface area contributed by atoms with Crippen molar-refractivity contribution in [3.8, 4) is 0 Å². The summed E-state index contributed by atoms with van der Waals surface area (Å²) in [6.07, 6.45) is 4.96. The Morgan fingerprint density at radius 3 is 2.50 bits per heavy atom. The van der Waals surface area contributed by atoms with Crippen molar-refractivity contribution in [2.45, 2.75) is 44.6 Å². The Kier molecular flexibility index (Phi) is 7.08. The molecule has 0 aliphatic carbocycles. The molecule has 0 saturated heterocycles. The fraction of sp³-hybridized carbons (Fsp3) is 0.692. The highest BCUT2D eigenvalue weighted by atomic mass is 32.2. The molecular formula is C13H23NO4S2. The first-order chi connectivity index (χ1) is 9.44. The Balaban J connectivity index is 2.65. The van der Waals surface area contributed by atoms with Gasteiger partial charge in [0.15, 0.2) is 0 Å². The molecule has 0 spiro atoms. The third-order valence-corrected chi connectivity index (χ3v) is 5.42. The Morgan fingerprint density at radius 1 is 1.20 bits per heavy atom. The predicted octanol–water partition coefficient (Wildman–Crippen LogP) is 2.20. The normalized spacial score (nSPS) is 12.0. The maximum Gasteiger partial charge on any atom is 0.244 e. The molecule has 116 valence electrons. The summed E-state index contributed by atoms with van der Waals surface area (Å²) in [6.45, 7) is 3.32. The van der Waals surface area contributed by atoms with Crippen LogP contribution in [0, 0.1) is 13.8 Å². The van der Waals surface area contributed by atoms with E-state index in [2.05, 4.69) is 11.0 Å². The first-order valence-electron chi connectivity index (χ1n) is 6.62. The highest BCUT2D eigenvalue weighted by molar-refractivity contribution is 7.98. The van der Waals surface area contributed by atoms with Crippen LogP contribution in [-0.4, -0.2) is 32.1 Å². The van der Waals surface area contributed by atoms with Gasteiger partial charge in [0.25, 0.3) is 0 Å². The lowest BCUT2D eigenvalue weighted by Gasteiger charge is -2.07. The number of aryl methyl sites for hydroxylation is 2. The van der Waals surface area contributed by atoms with Gasteiger partial charge < -0.3 is 9.52 Å². The van der Waals surface area contributed by atoms with Crippen LogP contribution in [0.15, 0.2) is 9.31 Å². The molecular weight excluding hydrogens is 298 g/mol. The lowest BCUT2D eigenvalue weighted by atomic mass is 10.2. The van der Waals surface area contributed by atoms with Crippen LogP contribution in [0.4, 0.5) is 0 Å². The van der Waals surface area contributed by atoms with Crippen molar-refractivity contribution in [2.24, 2.45) is 0 Å². The van der Waals surface area contributed by atoms with Crippen LogP contribution in [0.25, 0.3) is 0 Å². The van der Waals surface area contributed by atoms with Crippen LogP contribution >= 0.6 is 11.8 Å². The highest BCUT2D eigenvalue weighted by Crippen LogP contribution is 2.26. The highest BCUT2D eigenvalue weighted by Gasteiger charge is 2.25. The van der Waals surface area contributed by atoms with E-state index in [-0.39, 0.29) is 11.5 Å². The average Bonchev–Trinajstić information content (AvgIpc) is 2.68. The molecule has 0 aliphatic rings. The zero-order valence-corrected chi connectivity index (χ0v) is 13.9. The summed E-state index contributed by atoms with van der Waals surface area (Å²) in [5.41, 5.74) is 0.345. The second-order valence-electron chi connectivity index (χ2n) is 4.63. The summed E-state index contributed by atoms with van der Waals surface area (Å²) in [5, 5.41) is 9.29. The van der Waals surface area contributed by atoms with E-state index in [9.17, 15) is 13.5 Å². The number of nitrogens with one attached hydrogen (secondary N) is 1. The zero-order valence-electron chi connectivity index (χ0n) is 12.2. The minimum atomic E-state index is -3.61. The standard InChI is InChI=1S/C13H23NO4S2/c1-10-12(9-15)13(11(2)18-10)20(16,17)14-7-5-4-6-8-19-3/h14-15H,4-9H2,1-3H3. The summed E-state index contributed by atoms with van der Waals surface area (Å²) in [4.78, 5) is 0.0848. The molecule has 0 amide bonds. The fourth-order valence-electron chi connectivity index (χ4n) is 2.07. The van der Waals surface area contributed by atoms with Crippen LogP contribution in [-0.2, 0) is 16.6 Å². The van der Waals surface area contributed by atoms with E-state index in [1.54, 1.807) is 25.6 Å². The maximum absolute atomic E-state index is 12.2. The van der Waals surface area contributed by atoms with Gasteiger partial charge in [0.1, 0.15) is 16.4 Å². The van der Waals surface area contributed by atoms with E-state index in [0.29, 0.717) is 23.6 Å². The third kappa shape index (κ3) is 4.51. The summed E-state index contributed by atoms with van der Waals surface area (Å²) >= 11 is 1.79. The summed E-state index contributed by atoms with van der Waals surface area (Å²) < 4.78 is 32.4. The van der Waals surface area contributed by atoms with Gasteiger partial charge in [-0.05, 0) is 38.7 Å². The van der Waals surface area contributed by atoms with Gasteiger partial charge in [0.2, 0.25) is 10.0 Å². The molecule has 0 radical (unpaired) electrons. The van der Waals surface area contributed by atoms with Crippen molar-refractivity contribution < 1.29 is 17.9 Å². The van der Waals surface area contributed by atoms with Crippen LogP contribution in [0.5, 0.6) is 0 Å². The molecule has 20 heavy (non-hydrogen) atoms. The molecule has 1 heterocycles. The molecule has 1 aromatic rings. The van der Waals surface area contributed by atoms with E-state index in [1.807, 2.05) is 0 Å². The van der Waals surface area contributed by atoms with E-state index in [4.69, 9.17) is 4.42 Å². The third-order valence-electron chi connectivity index (χ3n) is 3.07. The van der Waals surface area contributed by atoms with Gasteiger partial charge in [-0.25, -0.2) is 13.1 Å². The first-order valence-corrected chi connectivity index (χ1v) is 9.50. The Bertz CT molecular complexity index is 523. The van der Waals surface area contributed by atoms with Crippen molar-refractivity contribution >= 4 is 21.8 Å². The molecule has 0 bridgehead atoms. The Morgan fingerprint density at radius 2 is 1.90 bits per heavy atom. The van der Waals surface area contributed by atoms with E-state index in [0.717, 1.165) is 25.0 Å². The molecule has 1 rings (SSSR count). The minimum Gasteiger partial charge on any atom is -0.465 e. The predicted molar refractivity (Wildman–Crippen MR) is 81.5 cm³/mol. The fourth-order valence-corrected chi connectivity index (χ4v) is 4.07. The number of aliphatic hydroxyl groups excluding tert-OH is 1. The monoisotopic (exact) mass is 321 g/mol. The van der Waals surface area contributed by atoms with Gasteiger partial charge in [0.05, 0.1) is 6.61 Å². The van der Waals surface area contributed by atoms with Crippen molar-refractivity contribution in [1.29, 1.82) is 0 Å². The number of sulfonamides is 1. The van der Waals surface area contributed by atoms with Crippen LogP contribution in [0.1, 0.15) is 36.3 Å². The zero-order chi connectivity index (χ0) is 15.2. The van der Waals surface area contributed by atoms with E-state index < -0.39 is 10.0 Å². The summed E-state index contributed by atoms with van der Waals surface area (Å²) in [7, 11) is -3.61. The largest absolute Gasteiger partial charge is 0.465 e. The lowest BCUT2D eigenvalue weighted by Crippen LogP contribution is -2.26. The van der Waals surface area contributed by atoms with E-state index >= 15 is 0 Å². The lowest BCUT2D eigenvalue weighted by molar-refractivity contribution is 0.276. The summed E-state index contributed by atoms with van der Waals surface area (Å²) in [5.74, 6) is 1.87. The number of unbranched alkanes of at least 4 members (excludes halogenated alkanes) is 2. The van der Waals surface area contributed by atoms with Gasteiger partial charge in [-0.15, -0.1) is 0 Å². The smallest absolute Gasteiger partial charge is 0.244 e. The van der Waals surface area contributed by atoms with Gasteiger partial charge >= 0.3 is 0 Å². The average molecular weight is 321 g/mol. The van der Waals surface area contributed by atoms with Crippen LogP contribution in [0.3, 0.4) is 0 Å². The molecule has 0 unspecified atom stereocenters. The molecule has 5 nitrogen and oxygen atoms in total. The number of thioether (sulfide) groups is 1. The number of aliphatic hydroxyl groups is 1. The van der Waals surface area contributed by atoms with Crippen molar-refractivity contribution in [2.75, 3.05) is 18.6 Å². The molecule has 0 aliphatic heterocycles. The van der Waals surface area contributed by atoms with E-state index in [1.165, 1.54) is 0 Å². The number of rotatable bonds is 9. The molecule has 0 saturated carbocycles. The number of hydrogen-bond acceptors (Lipinski definition) is 5. The maximum atomic E-state index is 12.2. The molecule has 0 fully saturated rings. The molecule has 2 N–H and O–H groups in total. The van der Waals surface area contributed by atoms with Crippen LogP contribution in [0.2, 0.25) is 0 Å². The second-order valence-corrected chi connectivity index (χ2v) is 7.32. The van der Waals surface area contributed by atoms with Gasteiger partial charge in [0, 0.05) is 12.1 Å². The van der Waals surface area contributed by atoms with Crippen LogP contribution < -0.4 is 4.72 Å². The van der Waals surface area contributed by atoms with Gasteiger partial charge in [-0.1, -0.05) is 6.42 Å². The SMILES string of the molecule is CSCCCCCNS(=O)(=O)c1c(C)oc(C)c1CO. The molecule has 0 atom stereocenters. The van der Waals surface area contributed by atoms with Crippen molar-refractivity contribution in [3.05, 3.63) is 17.1 Å². The first kappa shape index (κ1) is 17.6. The Labute approximate surface area is 125 Å². The topological polar surface area (TPSA) is 79.5 Å². The minimum absolute atomic E-state index is 0.0848. The number of furan rings is 1. The molecule has 1 aromatic heterocycles. The number of hydrogen-bond donors (Lipinski definition) is 2. The van der Waals surface area contributed by atoms with Gasteiger partial charge in [-0.2, -0.15) is 11.8 Å². The van der Waals surface area contributed by atoms with Gasteiger partial charge in [-0.3, -0.25) is 0 Å². The quantitative estimate of drug-likeness (QED) is 0.682. The second kappa shape index (κ2) is 8.07. The van der Waals surface area contributed by atoms with Crippen molar-refractivity contribution in [3.63, 3.8) is 0 Å². The molecule has 0 aromatic carbocycles. The summed E-state index contributed by atoms with van der Waals surface area (Å²) in [6, 6.07) is 0. The van der Waals surface area contributed by atoms with Crippen molar-refractivity contribution in [1.82, 2.24) is 4.72 Å². The molecule has 7 heteroatoms.